The monoisotopic (exact) mass is 235 g/mol. The van der Waals surface area contributed by atoms with Gasteiger partial charge in [0.2, 0.25) is 0 Å². The fraction of sp³-hybridized carbons (Fsp3) is 0.500. The van der Waals surface area contributed by atoms with Crippen molar-refractivity contribution in [3.63, 3.8) is 0 Å². The van der Waals surface area contributed by atoms with Crippen molar-refractivity contribution in [3.05, 3.63) is 23.4 Å². The molecule has 0 bridgehead atoms. The van der Waals surface area contributed by atoms with Crippen LogP contribution in [0.15, 0.2) is 23.4 Å². The van der Waals surface area contributed by atoms with Crippen molar-refractivity contribution in [2.45, 2.75) is 25.0 Å². The SMILES string of the molecule is N=C/C=C/C(=N)C1=C(N)CCC2(C1)OCCO2. The van der Waals surface area contributed by atoms with Crippen LogP contribution in [0.5, 0.6) is 0 Å². The van der Waals surface area contributed by atoms with Crippen LogP contribution in [-0.2, 0) is 9.47 Å². The Labute approximate surface area is 100 Å². The topological polar surface area (TPSA) is 92.2 Å². The summed E-state index contributed by atoms with van der Waals surface area (Å²) in [5.74, 6) is -0.566. The number of rotatable bonds is 3. The van der Waals surface area contributed by atoms with E-state index in [0.717, 1.165) is 23.9 Å². The van der Waals surface area contributed by atoms with Crippen molar-refractivity contribution in [1.82, 2.24) is 0 Å². The largest absolute Gasteiger partial charge is 0.402 e. The second-order valence-corrected chi connectivity index (χ2v) is 4.23. The molecular weight excluding hydrogens is 218 g/mol. The van der Waals surface area contributed by atoms with Crippen LogP contribution in [0.2, 0.25) is 0 Å². The average molecular weight is 235 g/mol. The van der Waals surface area contributed by atoms with E-state index in [1.54, 1.807) is 6.08 Å². The Morgan fingerprint density at radius 2 is 2.06 bits per heavy atom. The smallest absolute Gasteiger partial charge is 0.173 e. The molecule has 0 amide bonds. The van der Waals surface area contributed by atoms with Crippen LogP contribution in [0, 0.1) is 10.8 Å². The molecule has 0 unspecified atom stereocenters. The van der Waals surface area contributed by atoms with Crippen LogP contribution in [0.4, 0.5) is 0 Å². The van der Waals surface area contributed by atoms with Gasteiger partial charge >= 0.3 is 0 Å². The van der Waals surface area contributed by atoms with E-state index in [-0.39, 0.29) is 0 Å². The highest BCUT2D eigenvalue weighted by molar-refractivity contribution is 6.08. The van der Waals surface area contributed by atoms with E-state index < -0.39 is 5.79 Å². The van der Waals surface area contributed by atoms with Gasteiger partial charge in [-0.3, -0.25) is 0 Å². The number of hydrogen-bond donors (Lipinski definition) is 3. The van der Waals surface area contributed by atoms with Crippen molar-refractivity contribution in [1.29, 1.82) is 10.8 Å². The summed E-state index contributed by atoms with van der Waals surface area (Å²) in [5, 5.41) is 14.8. The maximum Gasteiger partial charge on any atom is 0.173 e. The van der Waals surface area contributed by atoms with Gasteiger partial charge in [0.15, 0.2) is 5.79 Å². The molecule has 0 aromatic rings. The molecule has 0 atom stereocenters. The first-order valence-corrected chi connectivity index (χ1v) is 5.68. The molecule has 2 aliphatic rings. The molecule has 4 N–H and O–H groups in total. The zero-order valence-electron chi connectivity index (χ0n) is 9.66. The van der Waals surface area contributed by atoms with E-state index >= 15 is 0 Å². The van der Waals surface area contributed by atoms with Gasteiger partial charge < -0.3 is 26.0 Å². The van der Waals surface area contributed by atoms with Gasteiger partial charge in [-0.15, -0.1) is 0 Å². The second-order valence-electron chi connectivity index (χ2n) is 4.23. The molecule has 1 aliphatic carbocycles. The summed E-state index contributed by atoms with van der Waals surface area (Å²) in [6, 6.07) is 0. The highest BCUT2D eigenvalue weighted by atomic mass is 16.7. The maximum atomic E-state index is 7.93. The van der Waals surface area contributed by atoms with Crippen molar-refractivity contribution < 1.29 is 9.47 Å². The lowest BCUT2D eigenvalue weighted by molar-refractivity contribution is -0.162. The third-order valence-corrected chi connectivity index (χ3v) is 3.11. The molecule has 1 spiro atoms. The predicted molar refractivity (Wildman–Crippen MR) is 65.3 cm³/mol. The zero-order chi connectivity index (χ0) is 12.3. The molecule has 0 aromatic heterocycles. The maximum absolute atomic E-state index is 7.93. The molecule has 0 aromatic carbocycles. The Hall–Kier alpha value is -1.46. The molecule has 5 heteroatoms. The molecule has 5 nitrogen and oxygen atoms in total. The summed E-state index contributed by atoms with van der Waals surface area (Å²) in [5.41, 5.74) is 7.78. The van der Waals surface area contributed by atoms with Crippen LogP contribution in [-0.4, -0.2) is 30.9 Å². The Morgan fingerprint density at radius 3 is 2.71 bits per heavy atom. The van der Waals surface area contributed by atoms with Gasteiger partial charge in [-0.2, -0.15) is 0 Å². The van der Waals surface area contributed by atoms with Gasteiger partial charge in [-0.25, -0.2) is 0 Å². The van der Waals surface area contributed by atoms with E-state index in [1.165, 1.54) is 6.08 Å². The second kappa shape index (κ2) is 4.81. The van der Waals surface area contributed by atoms with E-state index in [2.05, 4.69) is 0 Å². The highest BCUT2D eigenvalue weighted by Crippen LogP contribution is 2.37. The number of ether oxygens (including phenoxy) is 2. The molecule has 92 valence electrons. The quantitative estimate of drug-likeness (QED) is 0.645. The Balaban J connectivity index is 2.17. The summed E-state index contributed by atoms with van der Waals surface area (Å²) in [6.07, 6.45) is 6.20. The lowest BCUT2D eigenvalue weighted by atomic mass is 9.88. The van der Waals surface area contributed by atoms with E-state index in [4.69, 9.17) is 26.0 Å². The Morgan fingerprint density at radius 1 is 1.35 bits per heavy atom. The third-order valence-electron chi connectivity index (χ3n) is 3.11. The van der Waals surface area contributed by atoms with E-state index in [1.807, 2.05) is 0 Å². The van der Waals surface area contributed by atoms with Crippen molar-refractivity contribution in [2.75, 3.05) is 13.2 Å². The van der Waals surface area contributed by atoms with Gasteiger partial charge in [0.1, 0.15) is 0 Å². The van der Waals surface area contributed by atoms with Gasteiger partial charge in [0.05, 0.1) is 18.9 Å². The number of nitrogens with one attached hydrogen (secondary N) is 2. The molecule has 1 heterocycles. The van der Waals surface area contributed by atoms with Crippen LogP contribution < -0.4 is 5.73 Å². The average Bonchev–Trinajstić information content (AvgIpc) is 2.78. The standard InChI is InChI=1S/C12H17N3O2/c13-5-1-2-10(14)9-8-12(4-3-11(9)15)16-6-7-17-12/h1-2,5,13-14H,3-4,6-8,15H2/b2-1+,13-5?,14-10?. The summed E-state index contributed by atoms with van der Waals surface area (Å²) < 4.78 is 11.3. The minimum atomic E-state index is -0.566. The fourth-order valence-electron chi connectivity index (χ4n) is 2.20. The van der Waals surface area contributed by atoms with Gasteiger partial charge in [0, 0.05) is 30.3 Å². The number of allylic oxidation sites excluding steroid dienone is 3. The molecule has 2 rings (SSSR count). The normalized spacial score (nSPS) is 23.5. The molecule has 1 saturated heterocycles. The number of hydrogen-bond acceptors (Lipinski definition) is 5. The van der Waals surface area contributed by atoms with E-state index in [0.29, 0.717) is 31.8 Å². The summed E-state index contributed by atoms with van der Waals surface area (Å²) >= 11 is 0. The van der Waals surface area contributed by atoms with Crippen molar-refractivity contribution >= 4 is 11.9 Å². The lowest BCUT2D eigenvalue weighted by Gasteiger charge is -2.33. The van der Waals surface area contributed by atoms with Crippen molar-refractivity contribution in [2.24, 2.45) is 5.73 Å². The van der Waals surface area contributed by atoms with Gasteiger partial charge in [-0.05, 0) is 18.6 Å². The van der Waals surface area contributed by atoms with E-state index in [9.17, 15) is 0 Å². The lowest BCUT2D eigenvalue weighted by Crippen LogP contribution is -2.36. The van der Waals surface area contributed by atoms with Crippen molar-refractivity contribution in [3.8, 4) is 0 Å². The fourth-order valence-corrected chi connectivity index (χ4v) is 2.20. The Bertz CT molecular complexity index is 393. The van der Waals surface area contributed by atoms with Crippen LogP contribution in [0.1, 0.15) is 19.3 Å². The van der Waals surface area contributed by atoms with Gasteiger partial charge in [-0.1, -0.05) is 0 Å². The van der Waals surface area contributed by atoms with Crippen LogP contribution >= 0.6 is 0 Å². The highest BCUT2D eigenvalue weighted by Gasteiger charge is 2.40. The minimum absolute atomic E-state index is 0.337. The summed E-state index contributed by atoms with van der Waals surface area (Å²) in [6.45, 7) is 1.22. The molecule has 0 radical (unpaired) electrons. The molecule has 17 heavy (non-hydrogen) atoms. The van der Waals surface area contributed by atoms with Crippen LogP contribution in [0.25, 0.3) is 0 Å². The first-order chi connectivity index (χ1) is 8.17. The zero-order valence-corrected chi connectivity index (χ0v) is 9.66. The molecule has 0 saturated carbocycles. The summed E-state index contributed by atoms with van der Waals surface area (Å²) in [4.78, 5) is 0. The molecule has 1 aliphatic heterocycles. The molecule has 1 fully saturated rings. The minimum Gasteiger partial charge on any atom is -0.402 e. The first-order valence-electron chi connectivity index (χ1n) is 5.68. The van der Waals surface area contributed by atoms with Crippen LogP contribution in [0.3, 0.4) is 0 Å². The molecular formula is C12H17N3O2. The van der Waals surface area contributed by atoms with Gasteiger partial charge in [0.25, 0.3) is 0 Å². The third kappa shape index (κ3) is 2.45. The predicted octanol–water partition coefficient (Wildman–Crippen LogP) is 1.35. The first kappa shape index (κ1) is 12.0. The summed E-state index contributed by atoms with van der Waals surface area (Å²) in [7, 11) is 0. The Kier molecular flexibility index (Phi) is 3.40. The number of nitrogens with two attached hydrogens (primary N) is 1.